The first-order valence-corrected chi connectivity index (χ1v) is 4.15. The highest BCUT2D eigenvalue weighted by Gasteiger charge is 2.32. The fourth-order valence-electron chi connectivity index (χ4n) is 0.950. The van der Waals surface area contributed by atoms with E-state index in [0.717, 1.165) is 0 Å². The Bertz CT molecular complexity index is 299. The molecule has 1 rings (SSSR count). The molecule has 0 aliphatic heterocycles. The Morgan fingerprint density at radius 1 is 1.46 bits per heavy atom. The molecular weight excluding hydrogens is 196 g/mol. The summed E-state index contributed by atoms with van der Waals surface area (Å²) in [5.74, 6) is 0. The molecule has 1 atom stereocenters. The minimum atomic E-state index is -2.61. The summed E-state index contributed by atoms with van der Waals surface area (Å²) in [5, 5.41) is 0.412. The summed E-state index contributed by atoms with van der Waals surface area (Å²) in [6.07, 6.45) is -2.61. The molecule has 0 aliphatic carbocycles. The van der Waals surface area contributed by atoms with E-state index in [2.05, 4.69) is 0 Å². The first-order valence-electron chi connectivity index (χ1n) is 3.77. The standard InChI is InChI=1S/C9H10ClF2N/c1-9(13,8(11)12)6-3-2-4-7(10)5-6/h2-5,8H,13H2,1H3. The highest BCUT2D eigenvalue weighted by Crippen LogP contribution is 2.26. The first-order chi connectivity index (χ1) is 5.94. The maximum atomic E-state index is 12.5. The van der Waals surface area contributed by atoms with Crippen molar-refractivity contribution in [2.24, 2.45) is 5.73 Å². The molecule has 72 valence electrons. The Hall–Kier alpha value is -0.670. The number of benzene rings is 1. The molecule has 1 unspecified atom stereocenters. The van der Waals surface area contributed by atoms with Gasteiger partial charge in [0.05, 0.1) is 5.54 Å². The van der Waals surface area contributed by atoms with Gasteiger partial charge in [0, 0.05) is 5.02 Å². The van der Waals surface area contributed by atoms with E-state index in [1.165, 1.54) is 19.1 Å². The average Bonchev–Trinajstić information content (AvgIpc) is 2.04. The molecule has 1 aromatic carbocycles. The Labute approximate surface area is 80.5 Å². The molecule has 0 amide bonds. The minimum Gasteiger partial charge on any atom is -0.317 e. The second kappa shape index (κ2) is 3.60. The topological polar surface area (TPSA) is 26.0 Å². The molecule has 4 heteroatoms. The molecule has 0 aromatic heterocycles. The van der Waals surface area contributed by atoms with Crippen LogP contribution in [0.25, 0.3) is 0 Å². The number of hydrogen-bond acceptors (Lipinski definition) is 1. The summed E-state index contributed by atoms with van der Waals surface area (Å²) in [4.78, 5) is 0. The van der Waals surface area contributed by atoms with Crippen LogP contribution in [0.2, 0.25) is 5.02 Å². The SMILES string of the molecule is CC(N)(c1cccc(Cl)c1)C(F)F. The summed E-state index contributed by atoms with van der Waals surface area (Å²) in [5.41, 5.74) is 4.15. The van der Waals surface area contributed by atoms with Crippen molar-refractivity contribution in [3.05, 3.63) is 34.9 Å². The normalized spacial score (nSPS) is 15.8. The van der Waals surface area contributed by atoms with Gasteiger partial charge >= 0.3 is 0 Å². The number of alkyl halides is 2. The lowest BCUT2D eigenvalue weighted by Crippen LogP contribution is -2.40. The third kappa shape index (κ3) is 2.17. The van der Waals surface area contributed by atoms with Gasteiger partial charge in [-0.05, 0) is 24.6 Å². The van der Waals surface area contributed by atoms with Gasteiger partial charge in [-0.1, -0.05) is 23.7 Å². The van der Waals surface area contributed by atoms with Crippen LogP contribution in [-0.4, -0.2) is 6.43 Å². The van der Waals surface area contributed by atoms with Gasteiger partial charge in [-0.15, -0.1) is 0 Å². The summed E-state index contributed by atoms with van der Waals surface area (Å²) in [6.45, 7) is 1.28. The minimum absolute atomic E-state index is 0.343. The molecule has 0 radical (unpaired) electrons. The lowest BCUT2D eigenvalue weighted by atomic mass is 9.94. The molecule has 13 heavy (non-hydrogen) atoms. The van der Waals surface area contributed by atoms with E-state index < -0.39 is 12.0 Å². The van der Waals surface area contributed by atoms with E-state index in [-0.39, 0.29) is 0 Å². The van der Waals surface area contributed by atoms with Crippen LogP contribution in [0.3, 0.4) is 0 Å². The molecule has 0 bridgehead atoms. The van der Waals surface area contributed by atoms with E-state index in [1.807, 2.05) is 0 Å². The zero-order valence-corrected chi connectivity index (χ0v) is 7.85. The van der Waals surface area contributed by atoms with Gasteiger partial charge in [0.15, 0.2) is 0 Å². The molecule has 0 saturated carbocycles. The second-order valence-corrected chi connectivity index (χ2v) is 3.53. The molecule has 1 nitrogen and oxygen atoms in total. The van der Waals surface area contributed by atoms with Crippen LogP contribution in [0.5, 0.6) is 0 Å². The van der Waals surface area contributed by atoms with Crippen molar-refractivity contribution >= 4 is 11.6 Å². The largest absolute Gasteiger partial charge is 0.317 e. The molecule has 1 aromatic rings. The lowest BCUT2D eigenvalue weighted by molar-refractivity contribution is 0.0625. The fraction of sp³-hybridized carbons (Fsp3) is 0.333. The average molecular weight is 206 g/mol. The van der Waals surface area contributed by atoms with E-state index in [9.17, 15) is 8.78 Å². The molecule has 0 fully saturated rings. The summed E-state index contributed by atoms with van der Waals surface area (Å²) in [7, 11) is 0. The second-order valence-electron chi connectivity index (χ2n) is 3.09. The van der Waals surface area contributed by atoms with Crippen LogP contribution in [0, 0.1) is 0 Å². The third-order valence-electron chi connectivity index (χ3n) is 1.90. The molecule has 2 N–H and O–H groups in total. The first kappa shape index (κ1) is 10.4. The van der Waals surface area contributed by atoms with Gasteiger partial charge in [-0.25, -0.2) is 8.78 Å². The number of rotatable bonds is 2. The van der Waals surface area contributed by atoms with Crippen molar-refractivity contribution in [2.75, 3.05) is 0 Å². The number of halogens is 3. The maximum absolute atomic E-state index is 12.5. The fourth-order valence-corrected chi connectivity index (χ4v) is 1.14. The monoisotopic (exact) mass is 205 g/mol. The molecule has 0 aliphatic rings. The van der Waals surface area contributed by atoms with Gasteiger partial charge < -0.3 is 5.73 Å². The van der Waals surface area contributed by atoms with Crippen molar-refractivity contribution in [2.45, 2.75) is 18.9 Å². The smallest absolute Gasteiger partial charge is 0.260 e. The van der Waals surface area contributed by atoms with E-state index in [0.29, 0.717) is 10.6 Å². The van der Waals surface area contributed by atoms with Crippen LogP contribution >= 0.6 is 11.6 Å². The quantitative estimate of drug-likeness (QED) is 0.790. The van der Waals surface area contributed by atoms with Crippen LogP contribution < -0.4 is 5.73 Å². The predicted octanol–water partition coefficient (Wildman–Crippen LogP) is 2.78. The highest BCUT2D eigenvalue weighted by molar-refractivity contribution is 6.30. The van der Waals surface area contributed by atoms with Gasteiger partial charge in [-0.2, -0.15) is 0 Å². The zero-order chi connectivity index (χ0) is 10.1. The highest BCUT2D eigenvalue weighted by atomic mass is 35.5. The van der Waals surface area contributed by atoms with Crippen molar-refractivity contribution in [1.82, 2.24) is 0 Å². The summed E-state index contributed by atoms with van der Waals surface area (Å²) in [6, 6.07) is 6.21. The van der Waals surface area contributed by atoms with Crippen LogP contribution in [0.1, 0.15) is 12.5 Å². The molecular formula is C9H10ClF2N. The lowest BCUT2D eigenvalue weighted by Gasteiger charge is -2.24. The van der Waals surface area contributed by atoms with Crippen molar-refractivity contribution in [3.8, 4) is 0 Å². The number of hydrogen-bond donors (Lipinski definition) is 1. The molecule has 0 saturated heterocycles. The molecule has 0 heterocycles. The number of nitrogens with two attached hydrogens (primary N) is 1. The summed E-state index contributed by atoms with van der Waals surface area (Å²) < 4.78 is 24.9. The van der Waals surface area contributed by atoms with Crippen molar-refractivity contribution in [3.63, 3.8) is 0 Å². The van der Waals surface area contributed by atoms with E-state index in [1.54, 1.807) is 12.1 Å². The van der Waals surface area contributed by atoms with E-state index in [4.69, 9.17) is 17.3 Å². The molecule has 0 spiro atoms. The van der Waals surface area contributed by atoms with Gasteiger partial charge in [0.25, 0.3) is 6.43 Å². The van der Waals surface area contributed by atoms with E-state index >= 15 is 0 Å². The van der Waals surface area contributed by atoms with Crippen molar-refractivity contribution < 1.29 is 8.78 Å². The van der Waals surface area contributed by atoms with Crippen LogP contribution in [0.4, 0.5) is 8.78 Å². The Morgan fingerprint density at radius 3 is 2.54 bits per heavy atom. The van der Waals surface area contributed by atoms with Crippen LogP contribution in [-0.2, 0) is 5.54 Å². The van der Waals surface area contributed by atoms with Gasteiger partial charge in [-0.3, -0.25) is 0 Å². The Morgan fingerprint density at radius 2 is 2.08 bits per heavy atom. The summed E-state index contributed by atoms with van der Waals surface area (Å²) >= 11 is 5.66. The Kier molecular flexibility index (Phi) is 2.88. The van der Waals surface area contributed by atoms with Gasteiger partial charge in [0.2, 0.25) is 0 Å². The third-order valence-corrected chi connectivity index (χ3v) is 2.14. The maximum Gasteiger partial charge on any atom is 0.260 e. The van der Waals surface area contributed by atoms with Gasteiger partial charge in [0.1, 0.15) is 0 Å². The predicted molar refractivity (Wildman–Crippen MR) is 49.0 cm³/mol. The van der Waals surface area contributed by atoms with Crippen molar-refractivity contribution in [1.29, 1.82) is 0 Å². The Balaban J connectivity index is 3.07. The zero-order valence-electron chi connectivity index (χ0n) is 7.10. The van der Waals surface area contributed by atoms with Crippen LogP contribution in [0.15, 0.2) is 24.3 Å².